The first-order valence-corrected chi connectivity index (χ1v) is 7.86. The van der Waals surface area contributed by atoms with E-state index in [2.05, 4.69) is 46.6 Å². The van der Waals surface area contributed by atoms with E-state index in [9.17, 15) is 0 Å². The second-order valence-electron chi connectivity index (χ2n) is 5.90. The number of aromatic nitrogens is 2. The first-order chi connectivity index (χ1) is 10.3. The van der Waals surface area contributed by atoms with Gasteiger partial charge in [-0.05, 0) is 37.4 Å². The number of rotatable bonds is 6. The van der Waals surface area contributed by atoms with Gasteiger partial charge in [-0.25, -0.2) is 0 Å². The van der Waals surface area contributed by atoms with E-state index in [1.165, 1.54) is 11.1 Å². The largest absolute Gasteiger partial charge is 0.339 e. The molecule has 0 bridgehead atoms. The summed E-state index contributed by atoms with van der Waals surface area (Å²) in [6.45, 7) is 2.19. The number of fused-ring (bicyclic) bond motifs is 1. The van der Waals surface area contributed by atoms with Crippen molar-refractivity contribution in [2.45, 2.75) is 51.0 Å². The Labute approximate surface area is 126 Å². The van der Waals surface area contributed by atoms with Crippen LogP contribution >= 0.6 is 0 Å². The van der Waals surface area contributed by atoms with Crippen molar-refractivity contribution in [3.63, 3.8) is 0 Å². The quantitative estimate of drug-likeness (QED) is 0.886. The highest BCUT2D eigenvalue weighted by atomic mass is 16.5. The SMILES string of the molecule is CCCC(Cc1nc(C2Cc3ccccc3C2)no1)NC. The van der Waals surface area contributed by atoms with Gasteiger partial charge in [0.25, 0.3) is 0 Å². The van der Waals surface area contributed by atoms with Crippen LogP contribution < -0.4 is 5.32 Å². The molecule has 1 aliphatic carbocycles. The zero-order valence-corrected chi connectivity index (χ0v) is 12.8. The maximum Gasteiger partial charge on any atom is 0.228 e. The molecule has 0 saturated carbocycles. The van der Waals surface area contributed by atoms with Crippen molar-refractivity contribution >= 4 is 0 Å². The minimum Gasteiger partial charge on any atom is -0.339 e. The highest BCUT2D eigenvalue weighted by molar-refractivity contribution is 5.34. The summed E-state index contributed by atoms with van der Waals surface area (Å²) in [7, 11) is 1.99. The number of nitrogens with one attached hydrogen (secondary N) is 1. The van der Waals surface area contributed by atoms with Gasteiger partial charge in [0.15, 0.2) is 5.82 Å². The smallest absolute Gasteiger partial charge is 0.228 e. The summed E-state index contributed by atoms with van der Waals surface area (Å²) < 4.78 is 5.45. The summed E-state index contributed by atoms with van der Waals surface area (Å²) in [4.78, 5) is 4.63. The van der Waals surface area contributed by atoms with E-state index < -0.39 is 0 Å². The van der Waals surface area contributed by atoms with Crippen molar-refractivity contribution in [2.24, 2.45) is 0 Å². The minimum absolute atomic E-state index is 0.374. The molecule has 4 heteroatoms. The molecule has 3 rings (SSSR count). The first kappa shape index (κ1) is 14.3. The molecule has 1 heterocycles. The predicted octanol–water partition coefficient (Wildman–Crippen LogP) is 2.88. The van der Waals surface area contributed by atoms with E-state index in [4.69, 9.17) is 4.52 Å². The Kier molecular flexibility index (Phi) is 4.34. The van der Waals surface area contributed by atoms with E-state index >= 15 is 0 Å². The van der Waals surface area contributed by atoms with Crippen LogP contribution in [0.4, 0.5) is 0 Å². The Morgan fingerprint density at radius 3 is 2.62 bits per heavy atom. The lowest BCUT2D eigenvalue weighted by molar-refractivity contribution is 0.350. The fraction of sp³-hybridized carbons (Fsp3) is 0.529. The van der Waals surface area contributed by atoms with Gasteiger partial charge < -0.3 is 9.84 Å². The van der Waals surface area contributed by atoms with Crippen LogP contribution in [0.15, 0.2) is 28.8 Å². The molecule has 1 aromatic carbocycles. The standard InChI is InChI=1S/C17H23N3O/c1-3-6-15(18-2)11-16-19-17(20-21-16)14-9-12-7-4-5-8-13(12)10-14/h4-5,7-8,14-15,18H,3,6,9-11H2,1-2H3. The summed E-state index contributed by atoms with van der Waals surface area (Å²) in [5, 5.41) is 7.53. The molecule has 0 radical (unpaired) electrons. The van der Waals surface area contributed by atoms with Crippen molar-refractivity contribution in [2.75, 3.05) is 7.05 Å². The van der Waals surface area contributed by atoms with Crippen LogP contribution in [-0.2, 0) is 19.3 Å². The molecule has 0 spiro atoms. The number of hydrogen-bond donors (Lipinski definition) is 1. The maximum absolute atomic E-state index is 5.45. The van der Waals surface area contributed by atoms with Crippen molar-refractivity contribution in [1.82, 2.24) is 15.5 Å². The lowest BCUT2D eigenvalue weighted by Crippen LogP contribution is -2.27. The fourth-order valence-electron chi connectivity index (χ4n) is 3.17. The van der Waals surface area contributed by atoms with Gasteiger partial charge in [0.05, 0.1) is 0 Å². The second kappa shape index (κ2) is 6.39. The van der Waals surface area contributed by atoms with E-state index in [1.807, 2.05) is 7.05 Å². The van der Waals surface area contributed by atoms with Crippen LogP contribution in [0.3, 0.4) is 0 Å². The molecule has 1 aliphatic rings. The van der Waals surface area contributed by atoms with Gasteiger partial charge in [-0.3, -0.25) is 0 Å². The van der Waals surface area contributed by atoms with Gasteiger partial charge in [0.2, 0.25) is 5.89 Å². The Bertz CT molecular complexity index is 568. The lowest BCUT2D eigenvalue weighted by atomic mass is 10.1. The molecule has 0 saturated heterocycles. The summed E-state index contributed by atoms with van der Waals surface area (Å²) in [6, 6.07) is 9.03. The summed E-state index contributed by atoms with van der Waals surface area (Å²) >= 11 is 0. The van der Waals surface area contributed by atoms with Gasteiger partial charge in [0, 0.05) is 18.4 Å². The molecule has 112 valence electrons. The molecule has 21 heavy (non-hydrogen) atoms. The van der Waals surface area contributed by atoms with Crippen molar-refractivity contribution in [3.8, 4) is 0 Å². The third-order valence-electron chi connectivity index (χ3n) is 4.37. The van der Waals surface area contributed by atoms with Gasteiger partial charge >= 0.3 is 0 Å². The highest BCUT2D eigenvalue weighted by Crippen LogP contribution is 2.32. The van der Waals surface area contributed by atoms with Gasteiger partial charge in [-0.2, -0.15) is 4.98 Å². The first-order valence-electron chi connectivity index (χ1n) is 7.86. The predicted molar refractivity (Wildman–Crippen MR) is 82.3 cm³/mol. The number of benzene rings is 1. The fourth-order valence-corrected chi connectivity index (χ4v) is 3.17. The molecular formula is C17H23N3O. The number of likely N-dealkylation sites (N-methyl/N-ethyl adjacent to an activating group) is 1. The van der Waals surface area contributed by atoms with Crippen LogP contribution in [-0.4, -0.2) is 23.2 Å². The summed E-state index contributed by atoms with van der Waals surface area (Å²) in [5.41, 5.74) is 2.85. The minimum atomic E-state index is 0.374. The summed E-state index contributed by atoms with van der Waals surface area (Å²) in [5.74, 6) is 2.00. The van der Waals surface area contributed by atoms with Crippen LogP contribution in [0, 0.1) is 0 Å². The molecule has 0 aliphatic heterocycles. The molecule has 0 fully saturated rings. The Morgan fingerprint density at radius 1 is 1.29 bits per heavy atom. The monoisotopic (exact) mass is 285 g/mol. The van der Waals surface area contributed by atoms with Crippen molar-refractivity contribution in [1.29, 1.82) is 0 Å². The highest BCUT2D eigenvalue weighted by Gasteiger charge is 2.26. The molecular weight excluding hydrogens is 262 g/mol. The van der Waals surface area contributed by atoms with E-state index in [0.717, 1.165) is 43.8 Å². The molecule has 4 nitrogen and oxygen atoms in total. The van der Waals surface area contributed by atoms with Crippen LogP contribution in [0.5, 0.6) is 0 Å². The maximum atomic E-state index is 5.45. The third-order valence-corrected chi connectivity index (χ3v) is 4.37. The van der Waals surface area contributed by atoms with Crippen molar-refractivity contribution < 1.29 is 4.52 Å². The molecule has 1 N–H and O–H groups in total. The van der Waals surface area contributed by atoms with Gasteiger partial charge in [0.1, 0.15) is 0 Å². The zero-order chi connectivity index (χ0) is 14.7. The topological polar surface area (TPSA) is 51.0 Å². The summed E-state index contributed by atoms with van der Waals surface area (Å²) in [6.07, 6.45) is 5.16. The number of nitrogens with zero attached hydrogens (tertiary/aromatic N) is 2. The van der Waals surface area contributed by atoms with E-state index in [1.54, 1.807) is 0 Å². The van der Waals surface area contributed by atoms with Crippen LogP contribution in [0.2, 0.25) is 0 Å². The second-order valence-corrected chi connectivity index (χ2v) is 5.90. The molecule has 1 unspecified atom stereocenters. The Balaban J connectivity index is 1.66. The average Bonchev–Trinajstić information content (AvgIpc) is 3.12. The molecule has 2 aromatic rings. The van der Waals surface area contributed by atoms with Crippen molar-refractivity contribution in [3.05, 3.63) is 47.1 Å². The normalized spacial score (nSPS) is 16.1. The van der Waals surface area contributed by atoms with Gasteiger partial charge in [-0.15, -0.1) is 0 Å². The Hall–Kier alpha value is -1.68. The lowest BCUT2D eigenvalue weighted by Gasteiger charge is -2.11. The average molecular weight is 285 g/mol. The third kappa shape index (κ3) is 3.16. The van der Waals surface area contributed by atoms with Gasteiger partial charge in [-0.1, -0.05) is 42.8 Å². The van der Waals surface area contributed by atoms with E-state index in [-0.39, 0.29) is 0 Å². The molecule has 0 amide bonds. The van der Waals surface area contributed by atoms with Crippen LogP contribution in [0.25, 0.3) is 0 Å². The van der Waals surface area contributed by atoms with Crippen LogP contribution in [0.1, 0.15) is 48.5 Å². The zero-order valence-electron chi connectivity index (χ0n) is 12.8. The molecule has 1 aromatic heterocycles. The van der Waals surface area contributed by atoms with E-state index in [0.29, 0.717) is 12.0 Å². The molecule has 1 atom stereocenters. The Morgan fingerprint density at radius 2 is 2.00 bits per heavy atom. The number of hydrogen-bond acceptors (Lipinski definition) is 4.